The SMILES string of the molecule is CC(C)(C)C(=O)N1CCC(F)(F)C2(CCN(c3cccc(C#N)c3)C2)C1. The molecule has 1 aromatic carbocycles. The lowest BCUT2D eigenvalue weighted by Gasteiger charge is -2.47. The molecule has 0 aliphatic carbocycles. The van der Waals surface area contributed by atoms with Crippen molar-refractivity contribution >= 4 is 11.6 Å². The first-order chi connectivity index (χ1) is 12.1. The Labute approximate surface area is 153 Å². The van der Waals surface area contributed by atoms with E-state index in [9.17, 15) is 13.6 Å². The summed E-state index contributed by atoms with van der Waals surface area (Å²) >= 11 is 0. The molecule has 0 aromatic heterocycles. The predicted octanol–water partition coefficient (Wildman–Crippen LogP) is 3.67. The zero-order valence-corrected chi connectivity index (χ0v) is 15.6. The van der Waals surface area contributed by atoms with Crippen molar-refractivity contribution in [3.8, 4) is 6.07 Å². The Kier molecular flexibility index (Phi) is 4.46. The second kappa shape index (κ2) is 6.22. The van der Waals surface area contributed by atoms with Crippen LogP contribution in [-0.2, 0) is 4.79 Å². The van der Waals surface area contributed by atoms with E-state index in [0.717, 1.165) is 5.69 Å². The van der Waals surface area contributed by atoms with Gasteiger partial charge in [0, 0.05) is 43.7 Å². The summed E-state index contributed by atoms with van der Waals surface area (Å²) < 4.78 is 29.8. The van der Waals surface area contributed by atoms with Crippen molar-refractivity contribution in [2.75, 3.05) is 31.1 Å². The maximum atomic E-state index is 14.9. The number of benzene rings is 1. The first-order valence-electron chi connectivity index (χ1n) is 9.00. The number of hydrogen-bond donors (Lipinski definition) is 0. The fraction of sp³-hybridized carbons (Fsp3) is 0.600. The number of anilines is 1. The van der Waals surface area contributed by atoms with Gasteiger partial charge in [0.05, 0.1) is 17.0 Å². The van der Waals surface area contributed by atoms with Crippen molar-refractivity contribution in [2.45, 2.75) is 39.5 Å². The number of amides is 1. The molecular formula is C20H25F2N3O. The lowest BCUT2D eigenvalue weighted by Crippen LogP contribution is -2.59. The van der Waals surface area contributed by atoms with E-state index in [-0.39, 0.29) is 32.0 Å². The molecule has 2 saturated heterocycles. The first-order valence-corrected chi connectivity index (χ1v) is 9.00. The van der Waals surface area contributed by atoms with E-state index in [1.807, 2.05) is 31.7 Å². The molecule has 0 bridgehead atoms. The van der Waals surface area contributed by atoms with Crippen LogP contribution in [-0.4, -0.2) is 42.9 Å². The van der Waals surface area contributed by atoms with Gasteiger partial charge < -0.3 is 9.80 Å². The van der Waals surface area contributed by atoms with Crippen molar-refractivity contribution < 1.29 is 13.6 Å². The summed E-state index contributed by atoms with van der Waals surface area (Å²) in [4.78, 5) is 16.2. The molecule has 2 aliphatic rings. The Morgan fingerprint density at radius 2 is 1.92 bits per heavy atom. The molecule has 4 nitrogen and oxygen atoms in total. The van der Waals surface area contributed by atoms with Gasteiger partial charge in [-0.3, -0.25) is 4.79 Å². The number of alkyl halides is 2. The highest BCUT2D eigenvalue weighted by Gasteiger charge is 2.60. The van der Waals surface area contributed by atoms with Crippen LogP contribution in [0.25, 0.3) is 0 Å². The molecule has 1 unspecified atom stereocenters. The third-order valence-corrected chi connectivity index (χ3v) is 5.59. The first kappa shape index (κ1) is 18.6. The number of carbonyl (C=O) groups is 1. The molecule has 3 rings (SSSR count). The van der Waals surface area contributed by atoms with E-state index >= 15 is 0 Å². The highest BCUT2D eigenvalue weighted by molar-refractivity contribution is 5.81. The van der Waals surface area contributed by atoms with Gasteiger partial charge in [-0.25, -0.2) is 8.78 Å². The van der Waals surface area contributed by atoms with Crippen LogP contribution >= 0.6 is 0 Å². The average molecular weight is 361 g/mol. The number of nitrogens with zero attached hydrogens (tertiary/aromatic N) is 3. The minimum atomic E-state index is -2.80. The van der Waals surface area contributed by atoms with Crippen LogP contribution < -0.4 is 4.90 Å². The topological polar surface area (TPSA) is 47.3 Å². The summed E-state index contributed by atoms with van der Waals surface area (Å²) in [5.74, 6) is -2.87. The Bertz CT molecular complexity index is 750. The molecule has 2 heterocycles. The van der Waals surface area contributed by atoms with E-state index < -0.39 is 16.8 Å². The summed E-state index contributed by atoms with van der Waals surface area (Å²) in [5.41, 5.74) is -0.499. The molecule has 1 spiro atoms. The zero-order chi connectivity index (χ0) is 19.2. The highest BCUT2D eigenvalue weighted by Crippen LogP contribution is 2.50. The van der Waals surface area contributed by atoms with E-state index in [2.05, 4.69) is 6.07 Å². The highest BCUT2D eigenvalue weighted by atomic mass is 19.3. The third-order valence-electron chi connectivity index (χ3n) is 5.59. The molecule has 26 heavy (non-hydrogen) atoms. The molecule has 0 saturated carbocycles. The second-order valence-corrected chi connectivity index (χ2v) is 8.55. The molecule has 6 heteroatoms. The molecule has 0 radical (unpaired) electrons. The van der Waals surface area contributed by atoms with Gasteiger partial charge >= 0.3 is 0 Å². The molecule has 140 valence electrons. The normalized spacial score (nSPS) is 25.4. The standard InChI is InChI=1S/C20H25F2N3O/c1-18(2,3)17(26)25-10-8-20(21,22)19(14-25)7-9-24(13-19)16-6-4-5-15(11-16)12-23/h4-6,11H,7-10,13-14H2,1-3H3. The third kappa shape index (κ3) is 3.15. The lowest BCUT2D eigenvalue weighted by molar-refractivity contribution is -0.173. The van der Waals surface area contributed by atoms with Gasteiger partial charge in [-0.1, -0.05) is 26.8 Å². The minimum absolute atomic E-state index is 0.0719. The number of nitriles is 1. The van der Waals surface area contributed by atoms with Crippen LogP contribution in [0.15, 0.2) is 24.3 Å². The van der Waals surface area contributed by atoms with E-state index in [1.165, 1.54) is 0 Å². The lowest BCUT2D eigenvalue weighted by atomic mass is 9.75. The van der Waals surface area contributed by atoms with Crippen molar-refractivity contribution in [1.29, 1.82) is 5.26 Å². The van der Waals surface area contributed by atoms with Crippen LogP contribution in [0.1, 0.15) is 39.2 Å². The van der Waals surface area contributed by atoms with Gasteiger partial charge in [-0.15, -0.1) is 0 Å². The molecule has 1 aromatic rings. The number of likely N-dealkylation sites (tertiary alicyclic amines) is 1. The number of hydrogen-bond acceptors (Lipinski definition) is 3. The van der Waals surface area contributed by atoms with Crippen molar-refractivity contribution in [3.05, 3.63) is 29.8 Å². The summed E-state index contributed by atoms with van der Waals surface area (Å²) in [5, 5.41) is 9.07. The molecule has 1 atom stereocenters. The smallest absolute Gasteiger partial charge is 0.258 e. The number of halogens is 2. The molecule has 0 N–H and O–H groups in total. The average Bonchev–Trinajstić information content (AvgIpc) is 3.02. The van der Waals surface area contributed by atoms with E-state index in [1.54, 1.807) is 23.1 Å². The van der Waals surface area contributed by atoms with Crippen LogP contribution in [0.2, 0.25) is 0 Å². The van der Waals surface area contributed by atoms with Crippen molar-refractivity contribution in [2.24, 2.45) is 10.8 Å². The summed E-state index contributed by atoms with van der Waals surface area (Å²) in [6.45, 7) is 6.36. The van der Waals surface area contributed by atoms with Gasteiger partial charge in [0.1, 0.15) is 0 Å². The van der Waals surface area contributed by atoms with E-state index in [0.29, 0.717) is 18.5 Å². The number of rotatable bonds is 1. The van der Waals surface area contributed by atoms with Gasteiger partial charge in [0.25, 0.3) is 5.92 Å². The van der Waals surface area contributed by atoms with Crippen LogP contribution in [0.4, 0.5) is 14.5 Å². The summed E-state index contributed by atoms with van der Waals surface area (Å²) in [6.07, 6.45) is 0.0472. The van der Waals surface area contributed by atoms with E-state index in [4.69, 9.17) is 5.26 Å². The Balaban J connectivity index is 1.85. The van der Waals surface area contributed by atoms with Crippen molar-refractivity contribution in [1.82, 2.24) is 4.90 Å². The summed E-state index contributed by atoms with van der Waals surface area (Å²) in [6, 6.07) is 9.14. The number of piperidine rings is 1. The Morgan fingerprint density at radius 3 is 2.58 bits per heavy atom. The molecule has 1 amide bonds. The van der Waals surface area contributed by atoms with Crippen molar-refractivity contribution in [3.63, 3.8) is 0 Å². The second-order valence-electron chi connectivity index (χ2n) is 8.55. The van der Waals surface area contributed by atoms with Crippen LogP contribution in [0.3, 0.4) is 0 Å². The van der Waals surface area contributed by atoms with Gasteiger partial charge in [-0.05, 0) is 24.6 Å². The summed E-state index contributed by atoms with van der Waals surface area (Å²) in [7, 11) is 0. The van der Waals surface area contributed by atoms with Crippen LogP contribution in [0.5, 0.6) is 0 Å². The number of carbonyl (C=O) groups excluding carboxylic acids is 1. The minimum Gasteiger partial charge on any atom is -0.371 e. The maximum absolute atomic E-state index is 14.9. The maximum Gasteiger partial charge on any atom is 0.258 e. The quantitative estimate of drug-likeness (QED) is 0.767. The van der Waals surface area contributed by atoms with Gasteiger partial charge in [0.15, 0.2) is 0 Å². The Morgan fingerprint density at radius 1 is 1.19 bits per heavy atom. The Hall–Kier alpha value is -2.16. The monoisotopic (exact) mass is 361 g/mol. The van der Waals surface area contributed by atoms with Crippen LogP contribution in [0, 0.1) is 22.2 Å². The fourth-order valence-corrected chi connectivity index (χ4v) is 4.04. The molecule has 2 fully saturated rings. The van der Waals surface area contributed by atoms with Gasteiger partial charge in [0.2, 0.25) is 5.91 Å². The fourth-order valence-electron chi connectivity index (χ4n) is 4.04. The predicted molar refractivity (Wildman–Crippen MR) is 96.0 cm³/mol. The van der Waals surface area contributed by atoms with Gasteiger partial charge in [-0.2, -0.15) is 5.26 Å². The molecule has 2 aliphatic heterocycles. The largest absolute Gasteiger partial charge is 0.371 e. The molecular weight excluding hydrogens is 336 g/mol. The zero-order valence-electron chi connectivity index (χ0n) is 15.6.